The average Bonchev–Trinajstić information content (AvgIpc) is 2.89. The molecule has 1 aromatic carbocycles. The fraction of sp³-hybridized carbons (Fsp3) is 0. The molecule has 0 atom stereocenters. The second kappa shape index (κ2) is 5.34. The summed E-state index contributed by atoms with van der Waals surface area (Å²) >= 11 is 6.78. The van der Waals surface area contributed by atoms with E-state index in [2.05, 4.69) is 47.0 Å². The van der Waals surface area contributed by atoms with E-state index in [1.54, 1.807) is 18.3 Å². The fourth-order valence-corrected chi connectivity index (χ4v) is 2.81. The Hall–Kier alpha value is -1.73. The van der Waals surface area contributed by atoms with Crippen molar-refractivity contribution >= 4 is 37.5 Å². The molecule has 7 heteroatoms. The third-order valence-electron chi connectivity index (χ3n) is 2.60. The van der Waals surface area contributed by atoms with E-state index in [1.165, 1.54) is 0 Å². The van der Waals surface area contributed by atoms with Crippen LogP contribution in [0, 0.1) is 0 Å². The second-order valence-corrected chi connectivity index (χ2v) is 5.80. The smallest absolute Gasteiger partial charge is 0.258 e. The summed E-state index contributed by atoms with van der Waals surface area (Å²) in [6.45, 7) is 0. The minimum Gasteiger partial charge on any atom is -0.399 e. The Labute approximate surface area is 131 Å². The molecule has 2 heterocycles. The zero-order chi connectivity index (χ0) is 14.1. The Morgan fingerprint density at radius 2 is 1.85 bits per heavy atom. The monoisotopic (exact) mass is 394 g/mol. The van der Waals surface area contributed by atoms with Gasteiger partial charge in [-0.1, -0.05) is 5.16 Å². The van der Waals surface area contributed by atoms with Gasteiger partial charge in [-0.2, -0.15) is 4.98 Å². The molecule has 0 aliphatic carbocycles. The molecule has 5 nitrogen and oxygen atoms in total. The third-order valence-corrected chi connectivity index (χ3v) is 3.64. The van der Waals surface area contributed by atoms with E-state index in [0.717, 1.165) is 14.5 Å². The van der Waals surface area contributed by atoms with Crippen LogP contribution in [0.3, 0.4) is 0 Å². The van der Waals surface area contributed by atoms with E-state index < -0.39 is 0 Å². The molecule has 100 valence electrons. The molecule has 0 fully saturated rings. The quantitative estimate of drug-likeness (QED) is 0.665. The van der Waals surface area contributed by atoms with Crippen molar-refractivity contribution in [1.82, 2.24) is 15.1 Å². The van der Waals surface area contributed by atoms with Crippen LogP contribution in [-0.2, 0) is 0 Å². The first-order valence-corrected chi connectivity index (χ1v) is 7.23. The Bertz CT molecular complexity index is 755. The van der Waals surface area contributed by atoms with Crippen molar-refractivity contribution in [3.8, 4) is 23.0 Å². The Morgan fingerprint density at radius 1 is 1.10 bits per heavy atom. The molecular weight excluding hydrogens is 388 g/mol. The lowest BCUT2D eigenvalue weighted by molar-refractivity contribution is 0.432. The lowest BCUT2D eigenvalue weighted by Crippen LogP contribution is -1.88. The van der Waals surface area contributed by atoms with Gasteiger partial charge in [-0.3, -0.25) is 4.98 Å². The predicted octanol–water partition coefficient (Wildman–Crippen LogP) is 3.91. The van der Waals surface area contributed by atoms with Gasteiger partial charge in [0.05, 0.1) is 0 Å². The Balaban J connectivity index is 1.99. The van der Waals surface area contributed by atoms with E-state index in [4.69, 9.17) is 10.3 Å². The molecule has 0 saturated heterocycles. The van der Waals surface area contributed by atoms with Gasteiger partial charge in [-0.25, -0.2) is 0 Å². The predicted molar refractivity (Wildman–Crippen MR) is 82.8 cm³/mol. The van der Waals surface area contributed by atoms with E-state index in [-0.39, 0.29) is 0 Å². The van der Waals surface area contributed by atoms with Crippen LogP contribution in [0.25, 0.3) is 23.0 Å². The lowest BCUT2D eigenvalue weighted by Gasteiger charge is -1.98. The molecule has 2 aromatic heterocycles. The van der Waals surface area contributed by atoms with E-state index in [1.807, 2.05) is 18.2 Å². The number of nitrogens with two attached hydrogens (primary N) is 1. The summed E-state index contributed by atoms with van der Waals surface area (Å²) < 4.78 is 6.91. The minimum absolute atomic E-state index is 0.427. The molecule has 2 N–H and O–H groups in total. The Kier molecular flexibility index (Phi) is 3.54. The molecule has 0 spiro atoms. The van der Waals surface area contributed by atoms with Gasteiger partial charge in [0, 0.05) is 26.4 Å². The van der Waals surface area contributed by atoms with Gasteiger partial charge >= 0.3 is 0 Å². The topological polar surface area (TPSA) is 77.8 Å². The number of nitrogens with zero attached hydrogens (tertiary/aromatic N) is 3. The third kappa shape index (κ3) is 2.59. The molecule has 0 aliphatic heterocycles. The number of pyridine rings is 1. The first-order chi connectivity index (χ1) is 9.63. The van der Waals surface area contributed by atoms with Gasteiger partial charge in [0.25, 0.3) is 5.89 Å². The highest BCUT2D eigenvalue weighted by molar-refractivity contribution is 9.11. The maximum Gasteiger partial charge on any atom is 0.258 e. The van der Waals surface area contributed by atoms with Crippen molar-refractivity contribution < 1.29 is 4.52 Å². The van der Waals surface area contributed by atoms with Crippen molar-refractivity contribution in [3.63, 3.8) is 0 Å². The van der Waals surface area contributed by atoms with Crippen LogP contribution in [0.4, 0.5) is 5.69 Å². The largest absolute Gasteiger partial charge is 0.399 e. The molecule has 0 amide bonds. The lowest BCUT2D eigenvalue weighted by atomic mass is 10.2. The SMILES string of the molecule is Nc1ccc(-c2nc(-c3ncc(Br)cc3Br)no2)cc1. The highest BCUT2D eigenvalue weighted by Crippen LogP contribution is 2.28. The second-order valence-electron chi connectivity index (χ2n) is 4.03. The molecular formula is C13H8Br2N4O. The molecule has 3 aromatic rings. The van der Waals surface area contributed by atoms with Crippen molar-refractivity contribution in [2.24, 2.45) is 0 Å². The van der Waals surface area contributed by atoms with Crippen LogP contribution in [0.1, 0.15) is 0 Å². The number of halogens is 2. The maximum atomic E-state index is 5.65. The number of nitrogen functional groups attached to an aromatic ring is 1. The summed E-state index contributed by atoms with van der Waals surface area (Å²) in [4.78, 5) is 8.61. The molecule has 0 bridgehead atoms. The number of rotatable bonds is 2. The summed E-state index contributed by atoms with van der Waals surface area (Å²) in [5.74, 6) is 0.854. The molecule has 0 radical (unpaired) electrons. The number of anilines is 1. The average molecular weight is 396 g/mol. The standard InChI is InChI=1S/C13H8Br2N4O/c14-8-5-10(15)11(17-6-8)12-18-13(20-19-12)7-1-3-9(16)4-2-7/h1-6H,16H2. The van der Waals surface area contributed by atoms with Gasteiger partial charge in [-0.15, -0.1) is 0 Å². The van der Waals surface area contributed by atoms with Gasteiger partial charge in [0.1, 0.15) is 5.69 Å². The number of hydrogen-bond acceptors (Lipinski definition) is 5. The van der Waals surface area contributed by atoms with E-state index in [9.17, 15) is 0 Å². The maximum absolute atomic E-state index is 5.65. The first kappa shape index (κ1) is 13.3. The molecule has 0 unspecified atom stereocenters. The van der Waals surface area contributed by atoms with Gasteiger partial charge < -0.3 is 10.3 Å². The highest BCUT2D eigenvalue weighted by Gasteiger charge is 2.14. The summed E-state index contributed by atoms with van der Waals surface area (Å²) in [6, 6.07) is 9.11. The van der Waals surface area contributed by atoms with Crippen molar-refractivity contribution in [2.45, 2.75) is 0 Å². The summed E-state index contributed by atoms with van der Waals surface area (Å²) in [5, 5.41) is 3.95. The van der Waals surface area contributed by atoms with Crippen LogP contribution in [0.15, 0.2) is 50.0 Å². The number of aromatic nitrogens is 3. The van der Waals surface area contributed by atoms with Crippen LogP contribution in [0.5, 0.6) is 0 Å². The van der Waals surface area contributed by atoms with Crippen molar-refractivity contribution in [1.29, 1.82) is 0 Å². The Morgan fingerprint density at radius 3 is 2.55 bits per heavy atom. The summed E-state index contributed by atoms with van der Waals surface area (Å²) in [5.41, 5.74) is 7.77. The van der Waals surface area contributed by atoms with Crippen LogP contribution >= 0.6 is 31.9 Å². The summed E-state index contributed by atoms with van der Waals surface area (Å²) in [7, 11) is 0. The van der Waals surface area contributed by atoms with Crippen molar-refractivity contribution in [2.75, 3.05) is 5.73 Å². The normalized spacial score (nSPS) is 10.7. The van der Waals surface area contributed by atoms with Gasteiger partial charge in [-0.05, 0) is 62.2 Å². The van der Waals surface area contributed by atoms with Crippen molar-refractivity contribution in [3.05, 3.63) is 45.5 Å². The van der Waals surface area contributed by atoms with E-state index >= 15 is 0 Å². The van der Waals surface area contributed by atoms with E-state index in [0.29, 0.717) is 23.1 Å². The zero-order valence-corrected chi connectivity index (χ0v) is 13.2. The minimum atomic E-state index is 0.427. The molecule has 0 aliphatic rings. The zero-order valence-electron chi connectivity index (χ0n) is 10.0. The van der Waals surface area contributed by atoms with Crippen LogP contribution in [0.2, 0.25) is 0 Å². The van der Waals surface area contributed by atoms with Crippen LogP contribution in [-0.4, -0.2) is 15.1 Å². The molecule has 3 rings (SSSR count). The van der Waals surface area contributed by atoms with Gasteiger partial charge in [0.2, 0.25) is 5.82 Å². The van der Waals surface area contributed by atoms with Crippen LogP contribution < -0.4 is 5.73 Å². The summed E-state index contributed by atoms with van der Waals surface area (Å²) in [6.07, 6.45) is 1.68. The molecule has 20 heavy (non-hydrogen) atoms. The first-order valence-electron chi connectivity index (χ1n) is 5.64. The highest BCUT2D eigenvalue weighted by atomic mass is 79.9. The number of hydrogen-bond donors (Lipinski definition) is 1. The fourth-order valence-electron chi connectivity index (χ4n) is 1.64. The van der Waals surface area contributed by atoms with Gasteiger partial charge in [0.15, 0.2) is 0 Å². The molecule has 0 saturated carbocycles. The number of benzene rings is 1.